The summed E-state index contributed by atoms with van der Waals surface area (Å²) in [5, 5.41) is 14.0. The van der Waals surface area contributed by atoms with Crippen molar-refractivity contribution in [3.63, 3.8) is 0 Å². The largest absolute Gasteiger partial charge is 0.388 e. The van der Waals surface area contributed by atoms with Gasteiger partial charge in [0.15, 0.2) is 0 Å². The zero-order valence-corrected chi connectivity index (χ0v) is 13.6. The molecule has 0 saturated heterocycles. The maximum atomic E-state index is 12.2. The summed E-state index contributed by atoms with van der Waals surface area (Å²) in [6.07, 6.45) is 6.53. The molecule has 0 radical (unpaired) electrons. The number of carbonyl (C=O) groups excluding carboxylic acids is 1. The van der Waals surface area contributed by atoms with Gasteiger partial charge in [0.1, 0.15) is 5.69 Å². The van der Waals surface area contributed by atoms with E-state index in [4.69, 9.17) is 11.6 Å². The zero-order chi connectivity index (χ0) is 15.5. The van der Waals surface area contributed by atoms with Crippen molar-refractivity contribution in [2.45, 2.75) is 58.1 Å². The molecule has 0 atom stereocenters. The molecule has 0 aromatic carbocycles. The van der Waals surface area contributed by atoms with Crippen LogP contribution in [0.4, 0.5) is 0 Å². The minimum Gasteiger partial charge on any atom is -0.388 e. The minimum absolute atomic E-state index is 0.171. The normalized spacial score (nSPS) is 25.8. The molecule has 1 aromatic rings. The number of nitrogens with zero attached hydrogens (tertiary/aromatic N) is 1. The first-order valence-corrected chi connectivity index (χ1v) is 8.21. The molecule has 21 heavy (non-hydrogen) atoms. The molecule has 2 N–H and O–H groups in total. The highest BCUT2D eigenvalue weighted by Crippen LogP contribution is 2.33. The second-order valence-electron chi connectivity index (χ2n) is 6.09. The number of aryl methyl sites for hydroxylation is 1. The summed E-state index contributed by atoms with van der Waals surface area (Å²) >= 11 is 5.95. The molecule has 4 nitrogen and oxygen atoms in total. The van der Waals surface area contributed by atoms with Gasteiger partial charge in [-0.05, 0) is 44.6 Å². The Morgan fingerprint density at radius 3 is 2.71 bits per heavy atom. The minimum atomic E-state index is -0.755. The molecule has 0 aliphatic heterocycles. The molecular formula is C16H25ClN2O2. The van der Waals surface area contributed by atoms with Crippen LogP contribution >= 0.6 is 11.6 Å². The maximum Gasteiger partial charge on any atom is 0.268 e. The van der Waals surface area contributed by atoms with Crippen molar-refractivity contribution in [2.24, 2.45) is 5.92 Å². The van der Waals surface area contributed by atoms with Crippen molar-refractivity contribution in [1.82, 2.24) is 9.88 Å². The lowest BCUT2D eigenvalue weighted by Gasteiger charge is -2.35. The van der Waals surface area contributed by atoms with E-state index in [0.717, 1.165) is 31.6 Å². The Bertz CT molecular complexity index is 490. The Morgan fingerprint density at radius 2 is 2.14 bits per heavy atom. The lowest BCUT2D eigenvalue weighted by Crippen LogP contribution is -2.45. The predicted molar refractivity (Wildman–Crippen MR) is 84.6 cm³/mol. The van der Waals surface area contributed by atoms with Gasteiger partial charge in [-0.3, -0.25) is 4.79 Å². The number of halogens is 1. The quantitative estimate of drug-likeness (QED) is 0.877. The van der Waals surface area contributed by atoms with E-state index >= 15 is 0 Å². The Morgan fingerprint density at radius 1 is 1.48 bits per heavy atom. The van der Waals surface area contributed by atoms with Crippen molar-refractivity contribution in [1.29, 1.82) is 0 Å². The standard InChI is InChI=1S/C16H25ClN2O2/c1-3-12-5-7-16(21,8-6-12)11-18-15(20)14-9-13(17)10-19(14)4-2/h9-10,12,21H,3-8,11H2,1-2H3,(H,18,20). The molecular weight excluding hydrogens is 288 g/mol. The fourth-order valence-electron chi connectivity index (χ4n) is 3.06. The zero-order valence-electron chi connectivity index (χ0n) is 12.9. The number of nitrogens with one attached hydrogen (secondary N) is 1. The Balaban J connectivity index is 1.92. The van der Waals surface area contributed by atoms with Crippen molar-refractivity contribution in [3.05, 3.63) is 23.0 Å². The van der Waals surface area contributed by atoms with E-state index in [9.17, 15) is 9.90 Å². The third kappa shape index (κ3) is 4.01. The smallest absolute Gasteiger partial charge is 0.268 e. The van der Waals surface area contributed by atoms with Crippen molar-refractivity contribution < 1.29 is 9.90 Å². The Kier molecular flexibility index (Phi) is 5.33. The van der Waals surface area contributed by atoms with E-state index in [-0.39, 0.29) is 5.91 Å². The van der Waals surface area contributed by atoms with E-state index in [1.54, 1.807) is 12.3 Å². The molecule has 1 aromatic heterocycles. The molecule has 1 heterocycles. The van der Waals surface area contributed by atoms with E-state index in [2.05, 4.69) is 12.2 Å². The molecule has 1 fully saturated rings. The first-order valence-electron chi connectivity index (χ1n) is 7.83. The lowest BCUT2D eigenvalue weighted by atomic mass is 9.78. The van der Waals surface area contributed by atoms with Crippen LogP contribution in [-0.2, 0) is 6.54 Å². The topological polar surface area (TPSA) is 54.3 Å². The molecule has 1 saturated carbocycles. The second-order valence-corrected chi connectivity index (χ2v) is 6.52. The van der Waals surface area contributed by atoms with Crippen LogP contribution in [0.1, 0.15) is 56.4 Å². The van der Waals surface area contributed by atoms with Crippen LogP contribution in [0, 0.1) is 5.92 Å². The molecule has 118 valence electrons. The van der Waals surface area contributed by atoms with Crippen LogP contribution < -0.4 is 5.32 Å². The first kappa shape index (κ1) is 16.4. The second kappa shape index (κ2) is 6.84. The summed E-state index contributed by atoms with van der Waals surface area (Å²) in [5.41, 5.74) is -0.206. The maximum absolute atomic E-state index is 12.2. The molecule has 2 rings (SSSR count). The van der Waals surface area contributed by atoms with Gasteiger partial charge in [-0.1, -0.05) is 24.9 Å². The van der Waals surface area contributed by atoms with Gasteiger partial charge in [-0.25, -0.2) is 0 Å². The average molecular weight is 313 g/mol. The molecule has 1 aliphatic rings. The molecule has 0 spiro atoms. The highest BCUT2D eigenvalue weighted by Gasteiger charge is 2.33. The molecule has 1 amide bonds. The summed E-state index contributed by atoms with van der Waals surface area (Å²) in [5.74, 6) is 0.548. The number of aromatic nitrogens is 1. The van der Waals surface area contributed by atoms with Crippen LogP contribution in [0.5, 0.6) is 0 Å². The van der Waals surface area contributed by atoms with Gasteiger partial charge < -0.3 is 15.0 Å². The van der Waals surface area contributed by atoms with Crippen molar-refractivity contribution in [2.75, 3.05) is 6.54 Å². The van der Waals surface area contributed by atoms with E-state index in [0.29, 0.717) is 23.8 Å². The van der Waals surface area contributed by atoms with Gasteiger partial charge in [0, 0.05) is 19.3 Å². The van der Waals surface area contributed by atoms with Gasteiger partial charge in [0.05, 0.1) is 10.6 Å². The lowest BCUT2D eigenvalue weighted by molar-refractivity contribution is -0.00793. The van der Waals surface area contributed by atoms with Crippen molar-refractivity contribution >= 4 is 17.5 Å². The van der Waals surface area contributed by atoms with Gasteiger partial charge >= 0.3 is 0 Å². The molecule has 0 bridgehead atoms. The first-order chi connectivity index (χ1) is 9.97. The van der Waals surface area contributed by atoms with Gasteiger partial charge in [-0.15, -0.1) is 0 Å². The predicted octanol–water partition coefficient (Wildman–Crippen LogP) is 3.22. The summed E-state index contributed by atoms with van der Waals surface area (Å²) in [6, 6.07) is 1.67. The number of aliphatic hydroxyl groups is 1. The van der Waals surface area contributed by atoms with E-state index in [1.807, 2.05) is 11.5 Å². The summed E-state index contributed by atoms with van der Waals surface area (Å²) in [6.45, 7) is 5.17. The Labute approximate surface area is 131 Å². The molecule has 5 heteroatoms. The highest BCUT2D eigenvalue weighted by atomic mass is 35.5. The van der Waals surface area contributed by atoms with Crippen LogP contribution in [-0.4, -0.2) is 27.7 Å². The van der Waals surface area contributed by atoms with Gasteiger partial charge in [-0.2, -0.15) is 0 Å². The number of carbonyl (C=O) groups is 1. The number of hydrogen-bond donors (Lipinski definition) is 2. The molecule has 1 aliphatic carbocycles. The van der Waals surface area contributed by atoms with Gasteiger partial charge in [0.25, 0.3) is 5.91 Å². The summed E-state index contributed by atoms with van der Waals surface area (Å²) in [4.78, 5) is 12.2. The number of hydrogen-bond acceptors (Lipinski definition) is 2. The Hall–Kier alpha value is -1.00. The monoisotopic (exact) mass is 312 g/mol. The SMILES string of the molecule is CCC1CCC(O)(CNC(=O)c2cc(Cl)cn2CC)CC1. The van der Waals surface area contributed by atoms with Crippen LogP contribution in [0.15, 0.2) is 12.3 Å². The summed E-state index contributed by atoms with van der Waals surface area (Å²) < 4.78 is 1.82. The molecule has 0 unspecified atom stereocenters. The van der Waals surface area contributed by atoms with Crippen LogP contribution in [0.25, 0.3) is 0 Å². The number of rotatable bonds is 5. The fourth-order valence-corrected chi connectivity index (χ4v) is 3.28. The van der Waals surface area contributed by atoms with Crippen molar-refractivity contribution in [3.8, 4) is 0 Å². The van der Waals surface area contributed by atoms with Crippen LogP contribution in [0.3, 0.4) is 0 Å². The third-order valence-corrected chi connectivity index (χ3v) is 4.83. The summed E-state index contributed by atoms with van der Waals surface area (Å²) in [7, 11) is 0. The van der Waals surface area contributed by atoms with E-state index < -0.39 is 5.60 Å². The van der Waals surface area contributed by atoms with Gasteiger partial charge in [0.2, 0.25) is 0 Å². The average Bonchev–Trinajstić information content (AvgIpc) is 2.87. The number of amides is 1. The fraction of sp³-hybridized carbons (Fsp3) is 0.688. The van der Waals surface area contributed by atoms with E-state index in [1.165, 1.54) is 6.42 Å². The highest BCUT2D eigenvalue weighted by molar-refractivity contribution is 6.31. The third-order valence-electron chi connectivity index (χ3n) is 4.63. The van der Waals surface area contributed by atoms with Crippen LogP contribution in [0.2, 0.25) is 5.02 Å².